The number of carbonyl (C=O) groups is 2. The molecule has 60 heavy (non-hydrogen) atoms. The van der Waals surface area contributed by atoms with Gasteiger partial charge in [-0.2, -0.15) is 10.5 Å². The number of nitriles is 2. The fraction of sp³-hybridized carbons (Fsp3) is 0.200. The molecular formula is C50H46N6O4. The number of nitrogens with one attached hydrogen (secondary N) is 2. The van der Waals surface area contributed by atoms with Gasteiger partial charge >= 0.3 is 0 Å². The number of morpholine rings is 2. The quantitative estimate of drug-likeness (QED) is 0.156. The maximum atomic E-state index is 12.8. The third kappa shape index (κ3) is 10.1. The number of anilines is 4. The Morgan fingerprint density at radius 2 is 1.03 bits per heavy atom. The maximum Gasteiger partial charge on any atom is 0.255 e. The summed E-state index contributed by atoms with van der Waals surface area (Å²) in [6, 6.07) is 46.2. The predicted molar refractivity (Wildman–Crippen MR) is 238 cm³/mol. The molecule has 0 saturated carbocycles. The SMILES string of the molecule is Cc1ccc(C(=O)Nc2ccc(N3CCOCC3)cc2)cc1-c1cccc(C#N)c1.Cc1ccc(C(=O)Nc2ccc(N3CCOCC3)cc2)cc1-c1ccccc1C#N. The number of aryl methyl sites for hydroxylation is 2. The van der Waals surface area contributed by atoms with Crippen molar-refractivity contribution in [2.24, 2.45) is 0 Å². The highest BCUT2D eigenvalue weighted by atomic mass is 16.5. The molecule has 300 valence electrons. The van der Waals surface area contributed by atoms with Gasteiger partial charge in [-0.3, -0.25) is 9.59 Å². The lowest BCUT2D eigenvalue weighted by Crippen LogP contribution is -2.36. The van der Waals surface area contributed by atoms with E-state index in [1.54, 1.807) is 12.1 Å². The Morgan fingerprint density at radius 3 is 1.55 bits per heavy atom. The number of nitrogens with zero attached hydrogens (tertiary/aromatic N) is 4. The lowest BCUT2D eigenvalue weighted by molar-refractivity contribution is 0.101. The van der Waals surface area contributed by atoms with Crippen LogP contribution in [-0.2, 0) is 9.47 Å². The molecule has 10 heteroatoms. The monoisotopic (exact) mass is 794 g/mol. The zero-order chi connectivity index (χ0) is 41.8. The number of carbonyl (C=O) groups excluding carboxylic acids is 2. The Morgan fingerprint density at radius 1 is 0.533 bits per heavy atom. The molecule has 6 aromatic rings. The van der Waals surface area contributed by atoms with Crippen molar-refractivity contribution in [3.05, 3.63) is 167 Å². The summed E-state index contributed by atoms with van der Waals surface area (Å²) in [5.41, 5.74) is 11.8. The molecule has 2 heterocycles. The summed E-state index contributed by atoms with van der Waals surface area (Å²) < 4.78 is 10.8. The predicted octanol–water partition coefficient (Wildman–Crippen LogP) is 9.25. The second kappa shape index (κ2) is 19.5. The van der Waals surface area contributed by atoms with E-state index < -0.39 is 0 Å². The molecule has 2 saturated heterocycles. The first kappa shape index (κ1) is 40.9. The molecule has 2 aliphatic rings. The molecule has 2 N–H and O–H groups in total. The first-order valence-corrected chi connectivity index (χ1v) is 20.0. The second-order valence-corrected chi connectivity index (χ2v) is 14.6. The number of rotatable bonds is 8. The molecule has 2 aliphatic heterocycles. The van der Waals surface area contributed by atoms with E-state index in [2.05, 4.69) is 32.6 Å². The minimum Gasteiger partial charge on any atom is -0.378 e. The number of benzene rings is 6. The highest BCUT2D eigenvalue weighted by Gasteiger charge is 2.16. The van der Waals surface area contributed by atoms with Gasteiger partial charge in [0.2, 0.25) is 0 Å². The van der Waals surface area contributed by atoms with Crippen LogP contribution in [0.5, 0.6) is 0 Å². The molecule has 0 aliphatic carbocycles. The summed E-state index contributed by atoms with van der Waals surface area (Å²) in [4.78, 5) is 30.2. The standard InChI is InChI=1S/2C25H23N3O2/c1-18-5-6-21(16-24(18)20-4-2-3-19(15-20)17-26)25(29)27-22-7-9-23(10-8-22)28-11-13-30-14-12-28;1-18-6-7-19(16-24(18)23-5-3-2-4-20(23)17-26)25(29)27-21-8-10-22(11-9-21)28-12-14-30-15-13-28/h2-10,15-16H,11-14H2,1H3,(H,27,29);2-11,16H,12-15H2,1H3,(H,27,29). The van der Waals surface area contributed by atoms with Crippen LogP contribution in [0, 0.1) is 36.5 Å². The van der Waals surface area contributed by atoms with E-state index in [-0.39, 0.29) is 11.8 Å². The van der Waals surface area contributed by atoms with Gasteiger partial charge in [0.15, 0.2) is 0 Å². The molecule has 2 amide bonds. The molecule has 0 aromatic heterocycles. The third-order valence-electron chi connectivity index (χ3n) is 10.6. The number of hydrogen-bond acceptors (Lipinski definition) is 8. The highest BCUT2D eigenvalue weighted by Crippen LogP contribution is 2.29. The van der Waals surface area contributed by atoms with Crippen LogP contribution in [0.4, 0.5) is 22.7 Å². The Balaban J connectivity index is 0.000000181. The van der Waals surface area contributed by atoms with Gasteiger partial charge in [-0.1, -0.05) is 42.5 Å². The summed E-state index contributed by atoms with van der Waals surface area (Å²) in [7, 11) is 0. The normalized spacial score (nSPS) is 13.5. The van der Waals surface area contributed by atoms with Crippen molar-refractivity contribution < 1.29 is 19.1 Å². The van der Waals surface area contributed by atoms with E-state index in [9.17, 15) is 14.9 Å². The van der Waals surface area contributed by atoms with Gasteiger partial charge in [0.25, 0.3) is 11.8 Å². The van der Waals surface area contributed by atoms with Crippen LogP contribution in [-0.4, -0.2) is 64.4 Å². The van der Waals surface area contributed by atoms with Gasteiger partial charge in [-0.15, -0.1) is 0 Å². The third-order valence-corrected chi connectivity index (χ3v) is 10.6. The number of ether oxygens (including phenoxy) is 2. The Bertz CT molecular complexity index is 2550. The Kier molecular flexibility index (Phi) is 13.3. The summed E-state index contributed by atoms with van der Waals surface area (Å²) in [5, 5.41) is 24.5. The average molecular weight is 795 g/mol. The fourth-order valence-electron chi connectivity index (χ4n) is 7.26. The minimum absolute atomic E-state index is 0.160. The van der Waals surface area contributed by atoms with Crippen LogP contribution >= 0.6 is 0 Å². The van der Waals surface area contributed by atoms with Crippen LogP contribution in [0.25, 0.3) is 22.3 Å². The fourth-order valence-corrected chi connectivity index (χ4v) is 7.26. The van der Waals surface area contributed by atoms with Gasteiger partial charge in [0.1, 0.15) is 0 Å². The molecule has 10 nitrogen and oxygen atoms in total. The van der Waals surface area contributed by atoms with Crippen LogP contribution < -0.4 is 20.4 Å². The van der Waals surface area contributed by atoms with Gasteiger partial charge in [0, 0.05) is 60.1 Å². The summed E-state index contributed by atoms with van der Waals surface area (Å²) in [6.07, 6.45) is 0. The molecule has 8 rings (SSSR count). The van der Waals surface area contributed by atoms with E-state index in [1.807, 2.05) is 135 Å². The lowest BCUT2D eigenvalue weighted by Gasteiger charge is -2.28. The molecule has 2 fully saturated rings. The van der Waals surface area contributed by atoms with E-state index in [1.165, 1.54) is 0 Å². The molecule has 0 atom stereocenters. The first-order valence-electron chi connectivity index (χ1n) is 20.0. The van der Waals surface area contributed by atoms with Gasteiger partial charge in [-0.25, -0.2) is 0 Å². The molecule has 0 unspecified atom stereocenters. The van der Waals surface area contributed by atoms with Crippen molar-refractivity contribution in [2.75, 3.05) is 73.0 Å². The van der Waals surface area contributed by atoms with Crippen LogP contribution in [0.3, 0.4) is 0 Å². The van der Waals surface area contributed by atoms with Gasteiger partial charge in [-0.05, 0) is 138 Å². The second-order valence-electron chi connectivity index (χ2n) is 14.6. The lowest BCUT2D eigenvalue weighted by atomic mass is 9.94. The zero-order valence-corrected chi connectivity index (χ0v) is 33.8. The largest absolute Gasteiger partial charge is 0.378 e. The van der Waals surface area contributed by atoms with Crippen molar-refractivity contribution in [2.45, 2.75) is 13.8 Å². The molecule has 0 radical (unpaired) electrons. The van der Waals surface area contributed by atoms with E-state index in [4.69, 9.17) is 14.7 Å². The number of amides is 2. The summed E-state index contributed by atoms with van der Waals surface area (Å²) in [6.45, 7) is 10.5. The van der Waals surface area contributed by atoms with Crippen molar-refractivity contribution in [1.82, 2.24) is 0 Å². The van der Waals surface area contributed by atoms with Crippen LogP contribution in [0.1, 0.15) is 43.0 Å². The average Bonchev–Trinajstić information content (AvgIpc) is 3.30. The molecular weight excluding hydrogens is 749 g/mol. The zero-order valence-electron chi connectivity index (χ0n) is 33.8. The molecule has 0 spiro atoms. The van der Waals surface area contributed by atoms with Crippen molar-refractivity contribution in [1.29, 1.82) is 10.5 Å². The highest BCUT2D eigenvalue weighted by molar-refractivity contribution is 6.06. The molecule has 0 bridgehead atoms. The van der Waals surface area contributed by atoms with Gasteiger partial charge in [0.05, 0.1) is 49.7 Å². The van der Waals surface area contributed by atoms with E-state index >= 15 is 0 Å². The van der Waals surface area contributed by atoms with Crippen LogP contribution in [0.2, 0.25) is 0 Å². The van der Waals surface area contributed by atoms with Crippen molar-refractivity contribution in [3.63, 3.8) is 0 Å². The van der Waals surface area contributed by atoms with Crippen LogP contribution in [0.15, 0.2) is 133 Å². The van der Waals surface area contributed by atoms with E-state index in [0.717, 1.165) is 109 Å². The van der Waals surface area contributed by atoms with Gasteiger partial charge < -0.3 is 29.9 Å². The Labute approximate surface area is 351 Å². The summed E-state index contributed by atoms with van der Waals surface area (Å²) in [5.74, 6) is -0.336. The summed E-state index contributed by atoms with van der Waals surface area (Å²) >= 11 is 0. The topological polar surface area (TPSA) is 131 Å². The van der Waals surface area contributed by atoms with Crippen molar-refractivity contribution >= 4 is 34.6 Å². The molecule has 6 aromatic carbocycles. The number of hydrogen-bond donors (Lipinski definition) is 2. The first-order chi connectivity index (χ1) is 29.3. The van der Waals surface area contributed by atoms with Crippen molar-refractivity contribution in [3.8, 4) is 34.4 Å². The minimum atomic E-state index is -0.176. The maximum absolute atomic E-state index is 12.8. The smallest absolute Gasteiger partial charge is 0.255 e. The van der Waals surface area contributed by atoms with E-state index in [0.29, 0.717) is 22.3 Å². The Hall–Kier alpha value is -7.24.